The monoisotopic (exact) mass is 504 g/mol. The lowest BCUT2D eigenvalue weighted by molar-refractivity contribution is -0.159. The molecule has 1 aliphatic heterocycles. The smallest absolute Gasteiger partial charge is 0.378 e. The highest BCUT2D eigenvalue weighted by Gasteiger charge is 2.38. The molecule has 3 heterocycles. The number of ether oxygens (including phenoxy) is 1. The van der Waals surface area contributed by atoms with E-state index in [0.717, 1.165) is 30.0 Å². The summed E-state index contributed by atoms with van der Waals surface area (Å²) in [5.74, 6) is -3.41. The largest absolute Gasteiger partial charge is 0.471 e. The van der Waals surface area contributed by atoms with Gasteiger partial charge in [-0.05, 0) is 24.3 Å². The normalized spacial score (nSPS) is 15.9. The molecular formula is C20H17F5N4O4S. The number of halogens is 5. The van der Waals surface area contributed by atoms with Gasteiger partial charge in [-0.25, -0.2) is 8.78 Å². The lowest BCUT2D eigenvalue weighted by Gasteiger charge is -2.23. The average Bonchev–Trinajstić information content (AvgIpc) is 3.48. The van der Waals surface area contributed by atoms with Gasteiger partial charge in [0.25, 0.3) is 5.91 Å². The van der Waals surface area contributed by atoms with E-state index in [4.69, 9.17) is 4.74 Å². The van der Waals surface area contributed by atoms with Crippen molar-refractivity contribution in [3.8, 4) is 10.7 Å². The van der Waals surface area contributed by atoms with Crippen LogP contribution < -0.4 is 10.6 Å². The number of morpholine rings is 1. The molecule has 1 amide bonds. The number of hydrogen-bond acceptors (Lipinski definition) is 8. The fraction of sp³-hybridized carbons (Fsp3) is 0.300. The number of rotatable bonds is 5. The molecule has 0 saturated carbocycles. The minimum atomic E-state index is -4.70. The minimum Gasteiger partial charge on any atom is -0.378 e. The van der Waals surface area contributed by atoms with Gasteiger partial charge in [-0.2, -0.15) is 18.2 Å². The molecule has 1 aromatic carbocycles. The molecule has 3 aromatic rings. The molecule has 0 radical (unpaired) electrons. The molecule has 0 spiro atoms. The SMILES string of the molecule is O=C(NCC1COCCN1)c1ccc(-c2noc(C(F)(F)F)n2)s1.O=Cc1cc(F)cc(F)c1. The van der Waals surface area contributed by atoms with Crippen molar-refractivity contribution in [2.75, 3.05) is 26.3 Å². The van der Waals surface area contributed by atoms with E-state index >= 15 is 0 Å². The Morgan fingerprint density at radius 1 is 1.24 bits per heavy atom. The zero-order valence-corrected chi connectivity index (χ0v) is 18.0. The summed E-state index contributed by atoms with van der Waals surface area (Å²) in [5.41, 5.74) is 0.0116. The molecule has 1 aliphatic rings. The molecule has 8 nitrogen and oxygen atoms in total. The van der Waals surface area contributed by atoms with Crippen molar-refractivity contribution < 1.29 is 40.8 Å². The number of benzene rings is 1. The third kappa shape index (κ3) is 7.13. The summed E-state index contributed by atoms with van der Waals surface area (Å²) in [6.45, 7) is 2.28. The third-order valence-corrected chi connectivity index (χ3v) is 5.33. The number of carbonyl (C=O) groups is 2. The van der Waals surface area contributed by atoms with E-state index in [9.17, 15) is 31.5 Å². The van der Waals surface area contributed by atoms with Crippen molar-refractivity contribution in [2.45, 2.75) is 12.2 Å². The highest BCUT2D eigenvalue weighted by molar-refractivity contribution is 7.17. The van der Waals surface area contributed by atoms with Gasteiger partial charge in [0, 0.05) is 30.8 Å². The summed E-state index contributed by atoms with van der Waals surface area (Å²) in [6.07, 6.45) is -4.30. The zero-order chi connectivity index (χ0) is 24.7. The van der Waals surface area contributed by atoms with E-state index in [-0.39, 0.29) is 23.3 Å². The van der Waals surface area contributed by atoms with Crippen LogP contribution in [0.5, 0.6) is 0 Å². The molecule has 1 unspecified atom stereocenters. The number of amides is 1. The summed E-state index contributed by atoms with van der Waals surface area (Å²) < 4.78 is 71.3. The molecule has 1 fully saturated rings. The van der Waals surface area contributed by atoms with Gasteiger partial charge in [-0.15, -0.1) is 11.3 Å². The number of nitrogens with zero attached hydrogens (tertiary/aromatic N) is 2. The van der Waals surface area contributed by atoms with Crippen molar-refractivity contribution in [3.05, 3.63) is 58.3 Å². The molecule has 14 heteroatoms. The van der Waals surface area contributed by atoms with E-state index in [0.29, 0.717) is 41.9 Å². The van der Waals surface area contributed by atoms with Crippen LogP contribution >= 0.6 is 11.3 Å². The van der Waals surface area contributed by atoms with E-state index in [1.54, 1.807) is 0 Å². The highest BCUT2D eigenvalue weighted by atomic mass is 32.1. The van der Waals surface area contributed by atoms with Crippen LogP contribution in [0.15, 0.2) is 34.9 Å². The maximum Gasteiger partial charge on any atom is 0.471 e. The zero-order valence-electron chi connectivity index (χ0n) is 17.2. The van der Waals surface area contributed by atoms with Crippen LogP contribution in [-0.4, -0.2) is 54.7 Å². The lowest BCUT2D eigenvalue weighted by atomic mass is 10.2. The number of nitrogens with one attached hydrogen (secondary N) is 2. The molecule has 0 aliphatic carbocycles. The van der Waals surface area contributed by atoms with E-state index in [1.807, 2.05) is 0 Å². The number of aldehydes is 1. The Labute approximate surface area is 193 Å². The topological polar surface area (TPSA) is 106 Å². The number of hydrogen-bond donors (Lipinski definition) is 2. The average molecular weight is 504 g/mol. The predicted octanol–water partition coefficient (Wildman–Crippen LogP) is 3.31. The quantitative estimate of drug-likeness (QED) is 0.406. The first-order chi connectivity index (χ1) is 16.2. The van der Waals surface area contributed by atoms with E-state index in [2.05, 4.69) is 25.3 Å². The molecule has 1 saturated heterocycles. The van der Waals surface area contributed by atoms with Crippen molar-refractivity contribution in [2.24, 2.45) is 0 Å². The number of carbonyl (C=O) groups excluding carboxylic acids is 2. The molecule has 2 N–H and O–H groups in total. The van der Waals surface area contributed by atoms with Crippen LogP contribution in [0.2, 0.25) is 0 Å². The first-order valence-electron chi connectivity index (χ1n) is 9.67. The Hall–Kier alpha value is -3.23. The lowest BCUT2D eigenvalue weighted by Crippen LogP contribution is -2.48. The number of aromatic nitrogens is 2. The molecule has 1 atom stereocenters. The van der Waals surface area contributed by atoms with Crippen LogP contribution in [-0.2, 0) is 10.9 Å². The van der Waals surface area contributed by atoms with Crippen LogP contribution in [0.1, 0.15) is 25.9 Å². The Bertz CT molecular complexity index is 1110. The van der Waals surface area contributed by atoms with Gasteiger partial charge < -0.3 is 19.9 Å². The van der Waals surface area contributed by atoms with Crippen molar-refractivity contribution in [1.29, 1.82) is 0 Å². The van der Waals surface area contributed by atoms with Crippen molar-refractivity contribution >= 4 is 23.5 Å². The Morgan fingerprint density at radius 2 is 1.97 bits per heavy atom. The third-order valence-electron chi connectivity index (χ3n) is 4.25. The molecule has 2 aromatic heterocycles. The van der Waals surface area contributed by atoms with Crippen LogP contribution in [0, 0.1) is 11.6 Å². The van der Waals surface area contributed by atoms with Crippen molar-refractivity contribution in [3.63, 3.8) is 0 Å². The predicted molar refractivity (Wildman–Crippen MR) is 109 cm³/mol. The first kappa shape index (κ1) is 25.4. The standard InChI is InChI=1S/C13H13F3N4O3S.C7H4F2O/c14-13(15,16)12-19-10(20-23-12)8-1-2-9(24-8)11(21)18-5-7-6-22-4-3-17-7;8-6-1-5(4-10)2-7(9)3-6/h1-2,7,17H,3-6H2,(H,18,21);1-4H. The van der Waals surface area contributed by atoms with Crippen LogP contribution in [0.4, 0.5) is 22.0 Å². The fourth-order valence-electron chi connectivity index (χ4n) is 2.72. The van der Waals surface area contributed by atoms with Crippen LogP contribution in [0.3, 0.4) is 0 Å². The molecule has 0 bridgehead atoms. The van der Waals surface area contributed by atoms with E-state index < -0.39 is 23.7 Å². The van der Waals surface area contributed by atoms with Gasteiger partial charge in [0.2, 0.25) is 5.82 Å². The first-order valence-corrected chi connectivity index (χ1v) is 10.5. The van der Waals surface area contributed by atoms with Gasteiger partial charge in [-0.1, -0.05) is 5.16 Å². The Balaban J connectivity index is 0.000000271. The Kier molecular flexibility index (Phi) is 8.41. The minimum absolute atomic E-state index is 0.0116. The van der Waals surface area contributed by atoms with Gasteiger partial charge >= 0.3 is 12.1 Å². The summed E-state index contributed by atoms with van der Waals surface area (Å²) in [5, 5.41) is 9.24. The van der Waals surface area contributed by atoms with Gasteiger partial charge in [0.1, 0.15) is 17.9 Å². The second kappa shape index (κ2) is 11.3. The molecule has 182 valence electrons. The maximum atomic E-state index is 12.5. The summed E-state index contributed by atoms with van der Waals surface area (Å²) in [6, 6.07) is 5.67. The molecular weight excluding hydrogens is 487 g/mol. The number of alkyl halides is 3. The summed E-state index contributed by atoms with van der Waals surface area (Å²) in [7, 11) is 0. The van der Waals surface area contributed by atoms with Gasteiger partial charge in [0.15, 0.2) is 0 Å². The molecule has 34 heavy (non-hydrogen) atoms. The molecule has 4 rings (SSSR count). The van der Waals surface area contributed by atoms with Gasteiger partial charge in [-0.3, -0.25) is 9.59 Å². The summed E-state index contributed by atoms with van der Waals surface area (Å²) >= 11 is 0.989. The second-order valence-electron chi connectivity index (χ2n) is 6.84. The number of thiophene rings is 1. The van der Waals surface area contributed by atoms with Crippen LogP contribution in [0.25, 0.3) is 10.7 Å². The summed E-state index contributed by atoms with van der Waals surface area (Å²) in [4.78, 5) is 26.0. The fourth-order valence-corrected chi connectivity index (χ4v) is 3.56. The van der Waals surface area contributed by atoms with Gasteiger partial charge in [0.05, 0.1) is 23.0 Å². The Morgan fingerprint density at radius 3 is 2.56 bits per heavy atom. The van der Waals surface area contributed by atoms with Crippen molar-refractivity contribution in [1.82, 2.24) is 20.8 Å². The maximum absolute atomic E-state index is 12.5. The van der Waals surface area contributed by atoms with E-state index in [1.165, 1.54) is 12.1 Å². The highest BCUT2D eigenvalue weighted by Crippen LogP contribution is 2.31. The second-order valence-corrected chi connectivity index (χ2v) is 7.93.